The Kier molecular flexibility index (Phi) is 10.1. The summed E-state index contributed by atoms with van der Waals surface area (Å²) in [6, 6.07) is 14.1. The van der Waals surface area contributed by atoms with Crippen molar-refractivity contribution in [3.8, 4) is 0 Å². The number of hydrogen-bond acceptors (Lipinski definition) is 7. The third kappa shape index (κ3) is 7.02. The highest BCUT2D eigenvalue weighted by Gasteiger charge is 2.53. The van der Waals surface area contributed by atoms with Crippen molar-refractivity contribution in [2.75, 3.05) is 77.5 Å². The SMILES string of the molecule is COC(=O)C[C@H]1CCC[C@@H]1[C@](CN1CCC1)(c1cccc(F)c1)C1CCN(CC2(F)CN(c3ccc(S(=O)(=O)N4CCCC4)cc3)C2)CC1. The fourth-order valence-corrected chi connectivity index (χ4v) is 11.4. The molecule has 1 aliphatic carbocycles. The van der Waals surface area contributed by atoms with E-state index in [2.05, 4.69) is 15.9 Å². The maximum atomic E-state index is 16.1. The second kappa shape index (κ2) is 14.2. The zero-order chi connectivity index (χ0) is 34.2. The number of anilines is 1. The van der Waals surface area contributed by atoms with Gasteiger partial charge in [-0.2, -0.15) is 4.31 Å². The standard InChI is InChI=1S/C38H52F2N4O4S/c1-48-36(45)23-29-7-4-10-35(29)38(28-41-17-6-18-41,31-8-5-9-32(39)24-31)30-15-21-42(22-16-30)25-37(40)26-43(27-37)33-11-13-34(14-12-33)49(46,47)44-19-2-3-20-44/h5,8-9,11-14,24,29-30,35H,2-4,6-7,10,15-23,25-28H2,1H3/t29-,35+,38+/m1/s1. The van der Waals surface area contributed by atoms with E-state index in [-0.39, 0.29) is 48.0 Å². The molecule has 4 saturated heterocycles. The van der Waals surface area contributed by atoms with Crippen molar-refractivity contribution in [1.82, 2.24) is 14.1 Å². The molecule has 0 spiro atoms. The molecule has 0 bridgehead atoms. The number of rotatable bonds is 12. The van der Waals surface area contributed by atoms with Gasteiger partial charge < -0.3 is 14.5 Å². The molecule has 2 aromatic carbocycles. The van der Waals surface area contributed by atoms with Crippen LogP contribution in [0, 0.1) is 23.6 Å². The van der Waals surface area contributed by atoms with Gasteiger partial charge in [-0.25, -0.2) is 17.2 Å². The van der Waals surface area contributed by atoms with Gasteiger partial charge in [0.05, 0.1) is 25.1 Å². The zero-order valence-electron chi connectivity index (χ0n) is 28.9. The second-order valence-electron chi connectivity index (χ2n) is 15.4. The number of hydrogen-bond donors (Lipinski definition) is 0. The number of ether oxygens (including phenoxy) is 1. The molecule has 268 valence electrons. The highest BCUT2D eigenvalue weighted by atomic mass is 32.2. The van der Waals surface area contributed by atoms with E-state index in [9.17, 15) is 17.6 Å². The summed E-state index contributed by atoms with van der Waals surface area (Å²) in [6.07, 6.45) is 8.21. The smallest absolute Gasteiger partial charge is 0.305 e. The normalized spacial score (nSPS) is 26.6. The average Bonchev–Trinajstić information content (AvgIpc) is 3.78. The summed E-state index contributed by atoms with van der Waals surface area (Å²) in [6.45, 7) is 6.58. The monoisotopic (exact) mass is 698 g/mol. The lowest BCUT2D eigenvalue weighted by atomic mass is 9.56. The van der Waals surface area contributed by atoms with Crippen LogP contribution in [-0.2, 0) is 25.0 Å². The van der Waals surface area contributed by atoms with Gasteiger partial charge >= 0.3 is 5.97 Å². The number of carbonyl (C=O) groups excluding carboxylic acids is 1. The number of nitrogens with zero attached hydrogens (tertiary/aromatic N) is 4. The third-order valence-corrected chi connectivity index (χ3v) is 14.4. The molecular weight excluding hydrogens is 647 g/mol. The minimum atomic E-state index is -3.48. The van der Waals surface area contributed by atoms with Crippen LogP contribution in [-0.4, -0.2) is 107 Å². The van der Waals surface area contributed by atoms with Crippen molar-refractivity contribution in [1.29, 1.82) is 0 Å². The first kappa shape index (κ1) is 34.8. The van der Waals surface area contributed by atoms with Gasteiger partial charge in [0.1, 0.15) is 5.82 Å². The van der Waals surface area contributed by atoms with Crippen molar-refractivity contribution in [2.45, 2.75) is 73.8 Å². The Hall–Kier alpha value is -2.60. The number of carbonyl (C=O) groups is 1. The lowest BCUT2D eigenvalue weighted by Gasteiger charge is -2.54. The van der Waals surface area contributed by atoms with E-state index < -0.39 is 15.7 Å². The quantitative estimate of drug-likeness (QED) is 0.272. The minimum absolute atomic E-state index is 0.172. The molecule has 7 rings (SSSR count). The van der Waals surface area contributed by atoms with E-state index >= 15 is 4.39 Å². The van der Waals surface area contributed by atoms with Gasteiger partial charge in [0.25, 0.3) is 0 Å². The van der Waals surface area contributed by atoms with Gasteiger partial charge in [-0.05, 0) is 131 Å². The zero-order valence-corrected chi connectivity index (χ0v) is 29.7. The molecule has 49 heavy (non-hydrogen) atoms. The predicted octanol–water partition coefficient (Wildman–Crippen LogP) is 5.47. The number of halogens is 2. The van der Waals surface area contributed by atoms with E-state index in [1.807, 2.05) is 11.0 Å². The fraction of sp³-hybridized carbons (Fsp3) is 0.658. The van der Waals surface area contributed by atoms with Gasteiger partial charge in [0, 0.05) is 43.7 Å². The number of likely N-dealkylation sites (tertiary alicyclic amines) is 2. The molecular formula is C38H52F2N4O4S. The predicted molar refractivity (Wildman–Crippen MR) is 186 cm³/mol. The topological polar surface area (TPSA) is 73.4 Å². The molecule has 5 aliphatic rings. The van der Waals surface area contributed by atoms with Crippen LogP contribution in [0.2, 0.25) is 0 Å². The molecule has 4 heterocycles. The molecule has 8 nitrogen and oxygen atoms in total. The molecule has 0 amide bonds. The number of sulfonamides is 1. The largest absolute Gasteiger partial charge is 0.469 e. The molecule has 3 atom stereocenters. The summed E-state index contributed by atoms with van der Waals surface area (Å²) < 4.78 is 63.6. The van der Waals surface area contributed by atoms with Crippen molar-refractivity contribution in [3.05, 3.63) is 59.9 Å². The number of piperidine rings is 1. The van der Waals surface area contributed by atoms with Crippen LogP contribution in [0.1, 0.15) is 63.4 Å². The average molecular weight is 699 g/mol. The lowest BCUT2D eigenvalue weighted by Crippen LogP contribution is -2.64. The summed E-state index contributed by atoms with van der Waals surface area (Å²) in [5, 5.41) is 0. The maximum Gasteiger partial charge on any atom is 0.305 e. The molecule has 0 unspecified atom stereocenters. The first-order chi connectivity index (χ1) is 23.6. The van der Waals surface area contributed by atoms with E-state index in [1.165, 1.54) is 19.6 Å². The molecule has 0 radical (unpaired) electrons. The number of esters is 1. The Labute approximate surface area is 290 Å². The molecule has 0 N–H and O–H groups in total. The lowest BCUT2D eigenvalue weighted by molar-refractivity contribution is -0.142. The van der Waals surface area contributed by atoms with E-state index in [0.717, 1.165) is 88.9 Å². The number of methoxy groups -OCH3 is 1. The maximum absolute atomic E-state index is 16.1. The van der Waals surface area contributed by atoms with Crippen LogP contribution in [0.5, 0.6) is 0 Å². The van der Waals surface area contributed by atoms with E-state index in [0.29, 0.717) is 31.0 Å². The van der Waals surface area contributed by atoms with Crippen LogP contribution >= 0.6 is 0 Å². The Bertz CT molecular complexity index is 1570. The van der Waals surface area contributed by atoms with Crippen LogP contribution in [0.15, 0.2) is 53.4 Å². The molecule has 4 aliphatic heterocycles. The van der Waals surface area contributed by atoms with E-state index in [1.54, 1.807) is 34.6 Å². The van der Waals surface area contributed by atoms with Crippen LogP contribution in [0.4, 0.5) is 14.5 Å². The summed E-state index contributed by atoms with van der Waals surface area (Å²) in [5.41, 5.74) is 0.271. The highest BCUT2D eigenvalue weighted by molar-refractivity contribution is 7.89. The van der Waals surface area contributed by atoms with Crippen LogP contribution in [0.25, 0.3) is 0 Å². The van der Waals surface area contributed by atoms with Gasteiger partial charge in [-0.1, -0.05) is 18.6 Å². The van der Waals surface area contributed by atoms with Crippen LogP contribution in [0.3, 0.4) is 0 Å². The van der Waals surface area contributed by atoms with Crippen molar-refractivity contribution < 1.29 is 26.7 Å². The van der Waals surface area contributed by atoms with Gasteiger partial charge in [-0.3, -0.25) is 9.69 Å². The Morgan fingerprint density at radius 1 is 0.898 bits per heavy atom. The second-order valence-corrected chi connectivity index (χ2v) is 17.4. The summed E-state index contributed by atoms with van der Waals surface area (Å²) in [4.78, 5) is 19.6. The Morgan fingerprint density at radius 3 is 2.24 bits per heavy atom. The molecule has 1 saturated carbocycles. The molecule has 2 aromatic rings. The van der Waals surface area contributed by atoms with Crippen molar-refractivity contribution >= 4 is 21.7 Å². The summed E-state index contributed by atoms with van der Waals surface area (Å²) in [7, 11) is -2.02. The fourth-order valence-electron chi connectivity index (χ4n) is 9.87. The summed E-state index contributed by atoms with van der Waals surface area (Å²) >= 11 is 0. The first-order valence-electron chi connectivity index (χ1n) is 18.4. The molecule has 0 aromatic heterocycles. The number of alkyl halides is 1. The Morgan fingerprint density at radius 2 is 1.61 bits per heavy atom. The van der Waals surface area contributed by atoms with Gasteiger partial charge in [0.2, 0.25) is 10.0 Å². The summed E-state index contributed by atoms with van der Waals surface area (Å²) in [5.74, 6) is 0.338. The molecule has 5 fully saturated rings. The van der Waals surface area contributed by atoms with E-state index in [4.69, 9.17) is 4.74 Å². The van der Waals surface area contributed by atoms with Gasteiger partial charge in [0.15, 0.2) is 5.67 Å². The third-order valence-electron chi connectivity index (χ3n) is 12.4. The molecule has 11 heteroatoms. The highest BCUT2D eigenvalue weighted by Crippen LogP contribution is 2.54. The van der Waals surface area contributed by atoms with Gasteiger partial charge in [-0.15, -0.1) is 0 Å². The van der Waals surface area contributed by atoms with Crippen molar-refractivity contribution in [3.63, 3.8) is 0 Å². The first-order valence-corrected chi connectivity index (χ1v) is 19.9. The minimum Gasteiger partial charge on any atom is -0.469 e. The number of benzene rings is 2. The van der Waals surface area contributed by atoms with Crippen LogP contribution < -0.4 is 4.90 Å². The van der Waals surface area contributed by atoms with Crippen molar-refractivity contribution in [2.24, 2.45) is 17.8 Å². The Balaban J connectivity index is 1.03.